The predicted octanol–water partition coefficient (Wildman–Crippen LogP) is 3.84. The zero-order chi connectivity index (χ0) is 18.4. The minimum Gasteiger partial charge on any atom is -0.468 e. The number of hydrogen-bond donors (Lipinski definition) is 1. The molecule has 5 nitrogen and oxygen atoms in total. The fraction of sp³-hybridized carbons (Fsp3) is 0.500. The lowest BCUT2D eigenvalue weighted by molar-refractivity contribution is -0.143. The molecule has 0 aromatic carbocycles. The molecular weight excluding hydrogens is 318 g/mol. The van der Waals surface area contributed by atoms with E-state index in [1.165, 1.54) is 0 Å². The Morgan fingerprint density at radius 1 is 1.36 bits per heavy atom. The molecular formula is C20H25NO4. The van der Waals surface area contributed by atoms with Gasteiger partial charge in [-0.15, -0.1) is 0 Å². The molecule has 1 N–H and O–H groups in total. The van der Waals surface area contributed by atoms with Crippen molar-refractivity contribution in [2.45, 2.75) is 59.5 Å². The van der Waals surface area contributed by atoms with Crippen molar-refractivity contribution >= 4 is 11.8 Å². The standard InChI is InChI=1S/C20H25NO4/c1-11(2)25-19(23)16-12(3)21-13-9-20(4,5)10-14(22)17(13)18(16)15-7-6-8-24-15/h6-8,11,18,21H,9-10H2,1-5H3. The third-order valence-corrected chi connectivity index (χ3v) is 4.63. The molecule has 134 valence electrons. The molecule has 0 spiro atoms. The normalized spacial score (nSPS) is 22.8. The monoisotopic (exact) mass is 343 g/mol. The Hall–Kier alpha value is -2.30. The molecule has 0 saturated carbocycles. The molecule has 1 aliphatic heterocycles. The van der Waals surface area contributed by atoms with Crippen LogP contribution in [0.2, 0.25) is 0 Å². The van der Waals surface area contributed by atoms with E-state index < -0.39 is 11.9 Å². The van der Waals surface area contributed by atoms with Gasteiger partial charge < -0.3 is 14.5 Å². The summed E-state index contributed by atoms with van der Waals surface area (Å²) in [5, 5.41) is 3.30. The summed E-state index contributed by atoms with van der Waals surface area (Å²) in [5.41, 5.74) is 2.59. The van der Waals surface area contributed by atoms with E-state index in [-0.39, 0.29) is 17.3 Å². The molecule has 1 unspecified atom stereocenters. The summed E-state index contributed by atoms with van der Waals surface area (Å²) < 4.78 is 11.0. The molecule has 2 heterocycles. The number of ether oxygens (including phenoxy) is 1. The van der Waals surface area contributed by atoms with Gasteiger partial charge in [-0.05, 0) is 44.7 Å². The van der Waals surface area contributed by atoms with E-state index in [0.29, 0.717) is 23.3 Å². The van der Waals surface area contributed by atoms with Gasteiger partial charge in [0, 0.05) is 23.4 Å². The molecule has 25 heavy (non-hydrogen) atoms. The third-order valence-electron chi connectivity index (χ3n) is 4.63. The highest BCUT2D eigenvalue weighted by molar-refractivity contribution is 6.04. The van der Waals surface area contributed by atoms with Gasteiger partial charge in [0.1, 0.15) is 5.76 Å². The van der Waals surface area contributed by atoms with Crippen LogP contribution in [0.5, 0.6) is 0 Å². The number of hydrogen-bond acceptors (Lipinski definition) is 5. The fourth-order valence-corrected chi connectivity index (χ4v) is 3.72. The first-order valence-corrected chi connectivity index (χ1v) is 8.68. The Balaban J connectivity index is 2.12. The minimum atomic E-state index is -0.513. The first-order chi connectivity index (χ1) is 11.7. The van der Waals surface area contributed by atoms with Crippen molar-refractivity contribution in [3.05, 3.63) is 46.7 Å². The van der Waals surface area contributed by atoms with Crippen molar-refractivity contribution in [3.63, 3.8) is 0 Å². The topological polar surface area (TPSA) is 68.5 Å². The van der Waals surface area contributed by atoms with Crippen molar-refractivity contribution in [1.82, 2.24) is 5.32 Å². The number of ketones is 1. The summed E-state index contributed by atoms with van der Waals surface area (Å²) >= 11 is 0. The second-order valence-electron chi connectivity index (χ2n) is 7.90. The van der Waals surface area contributed by atoms with Crippen LogP contribution in [0.3, 0.4) is 0 Å². The van der Waals surface area contributed by atoms with Crippen LogP contribution in [0.25, 0.3) is 0 Å². The summed E-state index contributed by atoms with van der Waals surface area (Å²) in [6.45, 7) is 9.64. The number of carbonyl (C=O) groups is 2. The highest BCUT2D eigenvalue weighted by Crippen LogP contribution is 2.46. The summed E-state index contributed by atoms with van der Waals surface area (Å²) in [7, 11) is 0. The van der Waals surface area contributed by atoms with E-state index in [2.05, 4.69) is 19.2 Å². The Bertz CT molecular complexity index is 766. The highest BCUT2D eigenvalue weighted by Gasteiger charge is 2.44. The number of allylic oxidation sites excluding steroid dienone is 3. The number of nitrogens with one attached hydrogen (secondary N) is 1. The van der Waals surface area contributed by atoms with Gasteiger partial charge in [0.05, 0.1) is 23.9 Å². The summed E-state index contributed by atoms with van der Waals surface area (Å²) in [6, 6.07) is 3.58. The van der Waals surface area contributed by atoms with Crippen LogP contribution in [0.1, 0.15) is 59.1 Å². The maximum Gasteiger partial charge on any atom is 0.337 e. The van der Waals surface area contributed by atoms with Gasteiger partial charge in [0.2, 0.25) is 0 Å². The highest BCUT2D eigenvalue weighted by atomic mass is 16.5. The molecule has 0 amide bonds. The number of furan rings is 1. The van der Waals surface area contributed by atoms with Crippen LogP contribution in [-0.4, -0.2) is 17.9 Å². The second-order valence-corrected chi connectivity index (χ2v) is 7.90. The van der Waals surface area contributed by atoms with Gasteiger partial charge in [-0.25, -0.2) is 4.79 Å². The molecule has 3 rings (SSSR count). The summed E-state index contributed by atoms with van der Waals surface area (Å²) in [6.07, 6.45) is 2.54. The summed E-state index contributed by atoms with van der Waals surface area (Å²) in [4.78, 5) is 25.7. The van der Waals surface area contributed by atoms with Crippen molar-refractivity contribution < 1.29 is 18.7 Å². The quantitative estimate of drug-likeness (QED) is 0.845. The van der Waals surface area contributed by atoms with Crippen LogP contribution in [0.15, 0.2) is 45.4 Å². The van der Waals surface area contributed by atoms with Crippen LogP contribution >= 0.6 is 0 Å². The molecule has 0 radical (unpaired) electrons. The lowest BCUT2D eigenvalue weighted by Crippen LogP contribution is -2.38. The number of esters is 1. The average molecular weight is 343 g/mol. The molecule has 1 aliphatic carbocycles. The Labute approximate surface area is 148 Å². The van der Waals surface area contributed by atoms with E-state index in [4.69, 9.17) is 9.15 Å². The van der Waals surface area contributed by atoms with Crippen LogP contribution < -0.4 is 5.32 Å². The Morgan fingerprint density at radius 2 is 2.08 bits per heavy atom. The largest absolute Gasteiger partial charge is 0.468 e. The average Bonchev–Trinajstić information content (AvgIpc) is 2.96. The van der Waals surface area contributed by atoms with E-state index in [0.717, 1.165) is 17.8 Å². The van der Waals surface area contributed by atoms with Gasteiger partial charge >= 0.3 is 5.97 Å². The lowest BCUT2D eigenvalue weighted by Gasteiger charge is -2.38. The minimum absolute atomic E-state index is 0.0579. The third kappa shape index (κ3) is 3.28. The second kappa shape index (κ2) is 6.21. The van der Waals surface area contributed by atoms with Crippen LogP contribution in [-0.2, 0) is 14.3 Å². The maximum atomic E-state index is 12.9. The molecule has 1 aromatic rings. The number of Topliss-reactive ketones (excluding diaryl/α,β-unsaturated/α-hetero) is 1. The lowest BCUT2D eigenvalue weighted by atomic mass is 9.69. The van der Waals surface area contributed by atoms with Gasteiger partial charge in [0.15, 0.2) is 5.78 Å². The molecule has 0 saturated heterocycles. The SMILES string of the molecule is CC1=C(C(=O)OC(C)C)C(c2ccco2)C2=C(CC(C)(C)CC2=O)N1. The predicted molar refractivity (Wildman–Crippen MR) is 93.6 cm³/mol. The molecule has 1 atom stereocenters. The number of dihydropyridines is 1. The van der Waals surface area contributed by atoms with Crippen molar-refractivity contribution in [1.29, 1.82) is 0 Å². The first-order valence-electron chi connectivity index (χ1n) is 8.68. The molecule has 0 fully saturated rings. The van der Waals surface area contributed by atoms with Crippen LogP contribution in [0, 0.1) is 5.41 Å². The van der Waals surface area contributed by atoms with E-state index >= 15 is 0 Å². The van der Waals surface area contributed by atoms with Crippen molar-refractivity contribution in [2.75, 3.05) is 0 Å². The number of carbonyl (C=O) groups excluding carboxylic acids is 2. The molecule has 2 aliphatic rings. The van der Waals surface area contributed by atoms with Gasteiger partial charge in [-0.3, -0.25) is 4.79 Å². The van der Waals surface area contributed by atoms with E-state index in [1.54, 1.807) is 12.3 Å². The first kappa shape index (κ1) is 17.5. The van der Waals surface area contributed by atoms with E-state index in [9.17, 15) is 9.59 Å². The summed E-state index contributed by atoms with van der Waals surface area (Å²) in [5.74, 6) is -0.272. The smallest absolute Gasteiger partial charge is 0.337 e. The zero-order valence-electron chi connectivity index (χ0n) is 15.4. The van der Waals surface area contributed by atoms with Gasteiger partial charge in [-0.1, -0.05) is 13.8 Å². The van der Waals surface area contributed by atoms with Gasteiger partial charge in [0.25, 0.3) is 0 Å². The number of rotatable bonds is 3. The molecule has 1 aromatic heterocycles. The zero-order valence-corrected chi connectivity index (χ0v) is 15.4. The van der Waals surface area contributed by atoms with Crippen LogP contribution in [0.4, 0.5) is 0 Å². The Kier molecular flexibility index (Phi) is 4.35. The Morgan fingerprint density at radius 3 is 2.68 bits per heavy atom. The molecule has 0 bridgehead atoms. The van der Waals surface area contributed by atoms with Crippen molar-refractivity contribution in [3.8, 4) is 0 Å². The van der Waals surface area contributed by atoms with E-state index in [1.807, 2.05) is 26.8 Å². The maximum absolute atomic E-state index is 12.9. The van der Waals surface area contributed by atoms with Crippen molar-refractivity contribution in [2.24, 2.45) is 5.41 Å². The fourth-order valence-electron chi connectivity index (χ4n) is 3.72. The van der Waals surface area contributed by atoms with Gasteiger partial charge in [-0.2, -0.15) is 0 Å². The molecule has 5 heteroatoms.